The predicted octanol–water partition coefficient (Wildman–Crippen LogP) is 21.8. The van der Waals surface area contributed by atoms with E-state index in [1.54, 1.807) is 6.92 Å². The third kappa shape index (κ3) is 5.35. The van der Waals surface area contributed by atoms with Crippen molar-refractivity contribution in [2.75, 3.05) is 6.61 Å². The van der Waals surface area contributed by atoms with Gasteiger partial charge in [-0.1, -0.05) is 198 Å². The normalized spacial score (nSPS) is 65.3. The number of carbonyl (C=O) groups excluding carboxylic acids is 2. The van der Waals surface area contributed by atoms with E-state index in [0.717, 1.165) is 6.42 Å². The van der Waals surface area contributed by atoms with Crippen LogP contribution in [0, 0.1) is 35.5 Å². The Kier molecular flexibility index (Phi) is 16.0. The Morgan fingerprint density at radius 1 is 0.404 bits per heavy atom. The molecule has 1 N–H and O–H groups in total. The second-order valence-electron chi connectivity index (χ2n) is 25.3. The highest BCUT2D eigenvalue weighted by atomic mass is 35.6. The molecule has 16 fully saturated rings. The van der Waals surface area contributed by atoms with Gasteiger partial charge in [-0.3, -0.25) is 9.59 Å². The first-order valence-corrected chi connectivity index (χ1v) is 39.3. The van der Waals surface area contributed by atoms with Crippen molar-refractivity contribution in [1.29, 1.82) is 0 Å². The summed E-state index contributed by atoms with van der Waals surface area (Å²) in [5.41, 5.74) is -3.93. The van der Waals surface area contributed by atoms with Crippen LogP contribution in [0.25, 0.3) is 0 Å². The summed E-state index contributed by atoms with van der Waals surface area (Å²) in [6, 6.07) is 0. The van der Waals surface area contributed by atoms with Crippen molar-refractivity contribution in [3.05, 3.63) is 32.3 Å². The number of alkyl halides is 32. The van der Waals surface area contributed by atoms with Gasteiger partial charge in [0, 0.05) is 24.7 Å². The van der Waals surface area contributed by atoms with Gasteiger partial charge in [0.1, 0.15) is 120 Å². The second kappa shape index (κ2) is 19.0. The minimum absolute atomic E-state index is 0.0664. The van der Waals surface area contributed by atoms with Crippen LogP contribution in [0.2, 0.25) is 0 Å². The molecule has 19 rings (SSSR count). The van der Waals surface area contributed by atoms with Gasteiger partial charge in [-0.2, -0.15) is 0 Å². The molecule has 0 aromatic carbocycles. The lowest BCUT2D eigenvalue weighted by molar-refractivity contribution is -0.145. The highest BCUT2D eigenvalue weighted by molar-refractivity contribution is 6.83. The average Bonchev–Trinajstić information content (AvgIpc) is 1.33. The van der Waals surface area contributed by atoms with E-state index in [9.17, 15) is 14.7 Å². The van der Waals surface area contributed by atoms with E-state index < -0.39 is 166 Å². The van der Waals surface area contributed by atoms with Gasteiger partial charge in [0.25, 0.3) is 0 Å². The highest BCUT2D eigenvalue weighted by Gasteiger charge is 3.34. The third-order valence-corrected chi connectivity index (χ3v) is 53.1. The number of Topliss-reactive ketones (excluding diaryl/α,β-unsaturated/α-hetero) is 1. The van der Waals surface area contributed by atoms with E-state index in [-0.39, 0.29) is 41.3 Å². The van der Waals surface area contributed by atoms with E-state index in [2.05, 4.69) is 12.2 Å². The Hall–Kier alpha value is 8.72. The second-order valence-corrected chi connectivity index (χ2v) is 45.7. The van der Waals surface area contributed by atoms with E-state index in [0.29, 0.717) is 21.9 Å². The molecule has 498 valence electrons. The molecule has 89 heavy (non-hydrogen) atoms. The first-order chi connectivity index (χ1) is 39.7. The quantitative estimate of drug-likeness (QED) is 0.124. The van der Waals surface area contributed by atoms with Crippen LogP contribution in [0.15, 0.2) is 32.3 Å². The highest BCUT2D eigenvalue weighted by Crippen LogP contribution is 3.14. The summed E-state index contributed by atoms with van der Waals surface area (Å²) in [5, 5.41) is 12.8. The van der Waals surface area contributed by atoms with E-state index in [1.807, 2.05) is 0 Å². The van der Waals surface area contributed by atoms with Gasteiger partial charge >= 0.3 is 5.97 Å². The number of ether oxygens (including phenoxy) is 2. The van der Waals surface area contributed by atoms with Gasteiger partial charge in [0.15, 0.2) is 21.7 Å². The molecule has 5 nitrogen and oxygen atoms in total. The Labute approximate surface area is 686 Å². The van der Waals surface area contributed by atoms with Crippen LogP contribution >= 0.6 is 418 Å². The fourth-order valence-electron chi connectivity index (χ4n) is 20.6. The first-order valence-electron chi connectivity index (χ1n) is 25.6. The summed E-state index contributed by atoms with van der Waals surface area (Å²) in [6.07, 6.45) is 4.26. The van der Waals surface area contributed by atoms with Crippen molar-refractivity contribution in [3.63, 3.8) is 0 Å². The SMILES string of the molecule is CCOC(=O)CCC(=O)CC1(O)C2(Cl)C3(Cl)C4(Cl)C(Cl)(Cl)C5(Cl)C3(Cl)C1(Cl)C5(Cl)C42Cl.ClC1(Cl)C2(Cl)C3(Cl)C4(Cl)C(Cl)(Cl)C5(Cl)C3(Cl)C1(Cl)C5(Cl)C24Cl.ClC1=C(Cl)C2(Cl)C3C(Cl)OC(Cl)C3C1(Cl)C2(Cl)Cl.ClC1=C(Cl)[C@]2(Cl)[C@H]3[C@H]([C@H]4C=C[C@@H]3C4)[C@@]1(Cl)C2(Cl)Cl. The van der Waals surface area contributed by atoms with Gasteiger partial charge in [-0.05, 0) is 37.0 Å². The Balaban J connectivity index is 0.000000107. The molecule has 18 aliphatic carbocycles. The first kappa shape index (κ1) is 74.6. The van der Waals surface area contributed by atoms with Crippen LogP contribution in [-0.4, -0.2) is 159 Å². The summed E-state index contributed by atoms with van der Waals surface area (Å²) in [5.74, 6) is -1.38. The zero-order chi connectivity index (χ0) is 67.4. The van der Waals surface area contributed by atoms with Crippen LogP contribution in [0.1, 0.15) is 32.6 Å². The third-order valence-electron chi connectivity index (χ3n) is 23.6. The Morgan fingerprint density at radius 2 is 0.652 bits per heavy atom. The molecule has 1 aliphatic heterocycles. The lowest BCUT2D eigenvalue weighted by Crippen LogP contribution is -3.03. The Morgan fingerprint density at radius 3 is 0.910 bits per heavy atom. The summed E-state index contributed by atoms with van der Waals surface area (Å²) >= 11 is 238. The maximum Gasteiger partial charge on any atom is 0.306 e. The molecule has 10 unspecified atom stereocenters. The molecular formula is C48H24Cl36O5. The average molecular weight is 1960 g/mol. The van der Waals surface area contributed by atoms with Crippen molar-refractivity contribution in [2.45, 2.75) is 168 Å². The molecule has 16 atom stereocenters. The van der Waals surface area contributed by atoms with Gasteiger partial charge in [-0.15, -0.1) is 232 Å². The number of rotatable bonds is 6. The molecule has 0 amide bonds. The summed E-state index contributed by atoms with van der Waals surface area (Å²) in [7, 11) is 0. The van der Waals surface area contributed by atoms with E-state index >= 15 is 0 Å². The van der Waals surface area contributed by atoms with Gasteiger partial charge in [0.05, 0.1) is 33.2 Å². The van der Waals surface area contributed by atoms with Crippen LogP contribution in [0.3, 0.4) is 0 Å². The van der Waals surface area contributed by atoms with Crippen molar-refractivity contribution < 1.29 is 24.2 Å². The number of halogens is 36. The number of hydrogen-bond acceptors (Lipinski definition) is 5. The minimum Gasteiger partial charge on any atom is -0.466 e. The molecule has 0 spiro atoms. The monoisotopic (exact) mass is 1940 g/mol. The zero-order valence-corrected chi connectivity index (χ0v) is 69.2. The number of carbonyl (C=O) groups is 2. The lowest BCUT2D eigenvalue weighted by Gasteiger charge is -2.81. The number of hydrogen-bond donors (Lipinski definition) is 1. The smallest absolute Gasteiger partial charge is 0.306 e. The molecule has 0 aromatic rings. The van der Waals surface area contributed by atoms with Gasteiger partial charge < -0.3 is 14.6 Å². The van der Waals surface area contributed by atoms with E-state index in [1.165, 1.54) is 0 Å². The number of allylic oxidation sites excluding steroid dienone is 6. The van der Waals surface area contributed by atoms with Crippen LogP contribution in [-0.2, 0) is 19.1 Å². The number of aliphatic hydroxyl groups is 1. The van der Waals surface area contributed by atoms with Crippen molar-refractivity contribution in [2.24, 2.45) is 35.5 Å². The molecular weight excluding hydrogens is 1930 g/mol. The molecule has 0 aromatic heterocycles. The van der Waals surface area contributed by atoms with Gasteiger partial charge in [-0.25, -0.2) is 0 Å². The molecule has 19 aliphatic rings. The lowest BCUT2D eigenvalue weighted by atomic mass is 9.41. The summed E-state index contributed by atoms with van der Waals surface area (Å²) < 4.78 is 1.24. The van der Waals surface area contributed by atoms with Crippen molar-refractivity contribution >= 4 is 429 Å². The van der Waals surface area contributed by atoms with Crippen molar-refractivity contribution in [3.8, 4) is 0 Å². The molecule has 1 saturated heterocycles. The van der Waals surface area contributed by atoms with Crippen LogP contribution in [0.4, 0.5) is 0 Å². The number of esters is 1. The molecule has 1 heterocycles. The maximum atomic E-state index is 12.8. The van der Waals surface area contributed by atoms with Crippen LogP contribution < -0.4 is 0 Å². The standard InChI is InChI=1S/C17H12Cl10O4.C12H8Cl6.C10Cl12.C9H4Cl8O/c1-2-31-7(29)4-3-6(28)5-8(30)9(18)11(20)13(22)10(8,19)14(23)12(9,21)15(11,24)17(26,27)16(13,14)25;13-8-9(14)11(16)7-5-2-1-4(3-5)6(7)10(8,15)12(11,17)18;11-1-2(12)7(17)4(14)3(13,5(1,15)9(7,19)20)6(1,16)10(21,22)8(2,4)18;10-3-4(11)8(15)2-1(5(12)18-6(2)13)7(3,14)9(8,16)17/h30H,2-5H2,1H3;1-2,4-7H,3H2;;1-2,5-6H/t;4-,5+,6-,7+,10-,11+;;. The molecule has 41 heteroatoms. The minimum atomic E-state index is -2.36. The van der Waals surface area contributed by atoms with Crippen molar-refractivity contribution in [1.82, 2.24) is 0 Å². The topological polar surface area (TPSA) is 72.8 Å². The Bertz CT molecular complexity index is 3260. The molecule has 15 saturated carbocycles. The van der Waals surface area contributed by atoms with Gasteiger partial charge in [0.2, 0.25) is 0 Å². The molecule has 14 bridgehead atoms. The summed E-state index contributed by atoms with van der Waals surface area (Å²) in [4.78, 5) is -11.3. The largest absolute Gasteiger partial charge is 0.466 e. The fourth-order valence-corrected chi connectivity index (χ4v) is 46.9. The van der Waals surface area contributed by atoms with E-state index in [4.69, 9.17) is 427 Å². The maximum absolute atomic E-state index is 12.8. The summed E-state index contributed by atoms with van der Waals surface area (Å²) in [6.45, 7) is 1.79. The predicted molar refractivity (Wildman–Crippen MR) is 377 cm³/mol. The number of ketones is 1. The van der Waals surface area contributed by atoms with Crippen LogP contribution in [0.5, 0.6) is 0 Å². The molecule has 0 radical (unpaired) electrons. The fraction of sp³-hybridized carbons (Fsp3) is 0.833. The zero-order valence-electron chi connectivity index (χ0n) is 42.0. The number of fused-ring (bicyclic) bond motifs is 14.